The number of rotatable bonds is 0. The van der Waals surface area contributed by atoms with Crippen molar-refractivity contribution in [2.45, 2.75) is 6.92 Å². The lowest BCUT2D eigenvalue weighted by Gasteiger charge is -1.99. The number of aryl methyl sites for hydroxylation is 1. The molecule has 0 radical (unpaired) electrons. The summed E-state index contributed by atoms with van der Waals surface area (Å²) in [6.45, 7) is 2.05. The van der Waals surface area contributed by atoms with Crippen molar-refractivity contribution < 1.29 is 4.39 Å². The Balaban J connectivity index is 2.65. The van der Waals surface area contributed by atoms with E-state index in [1.54, 1.807) is 0 Å². The van der Waals surface area contributed by atoms with Crippen LogP contribution in [0.4, 0.5) is 4.39 Å². The van der Waals surface area contributed by atoms with Gasteiger partial charge in [0.1, 0.15) is 6.17 Å². The fraction of sp³-hybridized carbons (Fsp3) is 0.0769. The Morgan fingerprint density at radius 1 is 1.00 bits per heavy atom. The summed E-state index contributed by atoms with van der Waals surface area (Å²) in [5.41, 5.74) is 1.94. The van der Waals surface area contributed by atoms with Crippen LogP contribution in [-0.2, 0) is 0 Å². The molecule has 2 rings (SSSR count). The fourth-order valence-electron chi connectivity index (χ4n) is 1.50. The minimum absolute atomic E-state index is 0.712. The van der Waals surface area contributed by atoms with Crippen LogP contribution in [-0.4, -0.2) is 0 Å². The molecule has 0 unspecified atom stereocenters. The Bertz CT molecular complexity index is 530. The minimum Gasteiger partial charge on any atom is -0.144 e. The number of hydrogen-bond acceptors (Lipinski definition) is 0. The molecule has 2 aromatic carbocycles. The molecule has 0 amide bonds. The number of fused-ring (bicyclic) bond motifs is 1. The molecule has 0 N–H and O–H groups in total. The zero-order valence-electron chi connectivity index (χ0n) is 7.84. The van der Waals surface area contributed by atoms with E-state index in [-0.39, 0.29) is 0 Å². The second-order valence-electron chi connectivity index (χ2n) is 3.28. The molecule has 14 heavy (non-hydrogen) atoms. The summed E-state index contributed by atoms with van der Waals surface area (Å²) in [6.07, 6.45) is 1.41. The summed E-state index contributed by atoms with van der Waals surface area (Å²) >= 11 is 0. The minimum atomic E-state index is 0.712. The normalized spacial score (nSPS) is 9.57. The van der Waals surface area contributed by atoms with E-state index in [9.17, 15) is 4.39 Å². The van der Waals surface area contributed by atoms with Gasteiger partial charge in [0, 0.05) is 5.56 Å². The molecule has 0 saturated heterocycles. The molecule has 0 bridgehead atoms. The van der Waals surface area contributed by atoms with Gasteiger partial charge < -0.3 is 0 Å². The molecular formula is C13H9F. The van der Waals surface area contributed by atoms with Gasteiger partial charge in [-0.05, 0) is 35.7 Å². The maximum absolute atomic E-state index is 11.8. The summed E-state index contributed by atoms with van der Waals surface area (Å²) in [4.78, 5) is 0. The van der Waals surface area contributed by atoms with E-state index in [4.69, 9.17) is 0 Å². The number of benzene rings is 2. The second-order valence-corrected chi connectivity index (χ2v) is 3.28. The van der Waals surface area contributed by atoms with E-state index in [1.807, 2.05) is 30.3 Å². The first-order valence-electron chi connectivity index (χ1n) is 4.42. The van der Waals surface area contributed by atoms with Crippen LogP contribution < -0.4 is 0 Å². The zero-order valence-corrected chi connectivity index (χ0v) is 7.84. The van der Waals surface area contributed by atoms with Crippen LogP contribution >= 0.6 is 0 Å². The SMILES string of the molecule is Cc1ccc2cc(C#CF)ccc2c1. The van der Waals surface area contributed by atoms with Crippen molar-refractivity contribution in [2.24, 2.45) is 0 Å². The van der Waals surface area contributed by atoms with Crippen molar-refractivity contribution in [2.75, 3.05) is 0 Å². The molecule has 68 valence electrons. The van der Waals surface area contributed by atoms with Crippen LogP contribution in [0.1, 0.15) is 11.1 Å². The van der Waals surface area contributed by atoms with E-state index in [0.29, 0.717) is 5.56 Å². The van der Waals surface area contributed by atoms with Gasteiger partial charge in [0.15, 0.2) is 0 Å². The lowest BCUT2D eigenvalue weighted by molar-refractivity contribution is 0.774. The summed E-state index contributed by atoms with van der Waals surface area (Å²) in [7, 11) is 0. The molecule has 0 nitrogen and oxygen atoms in total. The van der Waals surface area contributed by atoms with Crippen molar-refractivity contribution >= 4 is 10.8 Å². The van der Waals surface area contributed by atoms with Crippen LogP contribution in [0.5, 0.6) is 0 Å². The van der Waals surface area contributed by atoms with Gasteiger partial charge >= 0.3 is 0 Å². The molecular weight excluding hydrogens is 175 g/mol. The van der Waals surface area contributed by atoms with E-state index in [0.717, 1.165) is 10.8 Å². The molecule has 0 aliphatic heterocycles. The molecule has 0 aliphatic carbocycles. The maximum Gasteiger partial charge on any atom is 0.111 e. The highest BCUT2D eigenvalue weighted by atomic mass is 19.1. The fourth-order valence-corrected chi connectivity index (χ4v) is 1.50. The Morgan fingerprint density at radius 3 is 2.50 bits per heavy atom. The van der Waals surface area contributed by atoms with Gasteiger partial charge in [-0.25, -0.2) is 0 Å². The van der Waals surface area contributed by atoms with E-state index in [1.165, 1.54) is 11.7 Å². The van der Waals surface area contributed by atoms with Gasteiger partial charge in [-0.15, -0.1) is 4.39 Å². The topological polar surface area (TPSA) is 0 Å². The Hall–Kier alpha value is -1.81. The summed E-state index contributed by atoms with van der Waals surface area (Å²) in [5.74, 6) is 2.40. The quantitative estimate of drug-likeness (QED) is 0.550. The van der Waals surface area contributed by atoms with Crippen LogP contribution in [0.25, 0.3) is 10.8 Å². The van der Waals surface area contributed by atoms with Crippen LogP contribution in [0.3, 0.4) is 0 Å². The van der Waals surface area contributed by atoms with Gasteiger partial charge in [0.25, 0.3) is 0 Å². The van der Waals surface area contributed by atoms with Crippen molar-refractivity contribution in [1.82, 2.24) is 0 Å². The molecule has 0 heterocycles. The standard InChI is InChI=1S/C13H9F/c1-10-2-4-13-9-11(6-7-14)3-5-12(13)8-10/h2-5,8-9H,1H3. The molecule has 2 aromatic rings. The van der Waals surface area contributed by atoms with Crippen molar-refractivity contribution in [1.29, 1.82) is 0 Å². The van der Waals surface area contributed by atoms with Gasteiger partial charge in [0.05, 0.1) is 0 Å². The van der Waals surface area contributed by atoms with Gasteiger partial charge in [-0.3, -0.25) is 0 Å². The Morgan fingerprint density at radius 2 is 1.71 bits per heavy atom. The molecule has 0 spiro atoms. The Kier molecular flexibility index (Phi) is 2.20. The molecule has 0 aromatic heterocycles. The summed E-state index contributed by atoms with van der Waals surface area (Å²) in [6, 6.07) is 11.8. The van der Waals surface area contributed by atoms with Crippen LogP contribution in [0, 0.1) is 19.0 Å². The zero-order chi connectivity index (χ0) is 9.97. The molecule has 0 saturated carbocycles. The highest BCUT2D eigenvalue weighted by Crippen LogP contribution is 2.17. The number of hydrogen-bond donors (Lipinski definition) is 0. The largest absolute Gasteiger partial charge is 0.144 e. The van der Waals surface area contributed by atoms with Crippen LogP contribution in [0.15, 0.2) is 36.4 Å². The average molecular weight is 184 g/mol. The first-order chi connectivity index (χ1) is 6.79. The third kappa shape index (κ3) is 1.60. The smallest absolute Gasteiger partial charge is 0.111 e. The molecule has 0 atom stereocenters. The third-order valence-electron chi connectivity index (χ3n) is 2.19. The molecule has 0 aliphatic rings. The second kappa shape index (κ2) is 3.51. The van der Waals surface area contributed by atoms with Crippen molar-refractivity contribution in [3.05, 3.63) is 47.5 Å². The first kappa shape index (κ1) is 8.77. The van der Waals surface area contributed by atoms with Gasteiger partial charge in [0.2, 0.25) is 0 Å². The molecule has 1 heteroatoms. The number of halogens is 1. The van der Waals surface area contributed by atoms with Crippen molar-refractivity contribution in [3.63, 3.8) is 0 Å². The van der Waals surface area contributed by atoms with Crippen molar-refractivity contribution in [3.8, 4) is 12.1 Å². The highest BCUT2D eigenvalue weighted by Gasteiger charge is 1.94. The highest BCUT2D eigenvalue weighted by molar-refractivity contribution is 5.84. The molecule has 0 fully saturated rings. The predicted octanol–water partition coefficient (Wildman–Crippen LogP) is 3.43. The first-order valence-corrected chi connectivity index (χ1v) is 4.42. The van der Waals surface area contributed by atoms with Crippen LogP contribution in [0.2, 0.25) is 0 Å². The monoisotopic (exact) mass is 184 g/mol. The summed E-state index contributed by atoms with van der Waals surface area (Å²) < 4.78 is 11.8. The maximum atomic E-state index is 11.8. The van der Waals surface area contributed by atoms with Gasteiger partial charge in [-0.2, -0.15) is 0 Å². The predicted molar refractivity (Wildman–Crippen MR) is 56.7 cm³/mol. The third-order valence-corrected chi connectivity index (χ3v) is 2.19. The van der Waals surface area contributed by atoms with E-state index >= 15 is 0 Å². The summed E-state index contributed by atoms with van der Waals surface area (Å²) in [5, 5.41) is 2.25. The average Bonchev–Trinajstić information content (AvgIpc) is 2.19. The lowest BCUT2D eigenvalue weighted by Crippen LogP contribution is -1.78. The van der Waals surface area contributed by atoms with E-state index < -0.39 is 0 Å². The van der Waals surface area contributed by atoms with Gasteiger partial charge in [-0.1, -0.05) is 29.8 Å². The lowest BCUT2D eigenvalue weighted by atomic mass is 10.1. The Labute approximate surface area is 82.4 Å². The van der Waals surface area contributed by atoms with E-state index in [2.05, 4.69) is 18.9 Å².